The summed E-state index contributed by atoms with van der Waals surface area (Å²) in [6, 6.07) is 10.4. The molecule has 24 heavy (non-hydrogen) atoms. The Hall–Kier alpha value is -3.03. The second kappa shape index (κ2) is 6.23. The highest BCUT2D eigenvalue weighted by atomic mass is 32.2. The predicted molar refractivity (Wildman–Crippen MR) is 87.0 cm³/mol. The van der Waals surface area contributed by atoms with Gasteiger partial charge in [0.25, 0.3) is 0 Å². The summed E-state index contributed by atoms with van der Waals surface area (Å²) in [7, 11) is -3.44. The van der Waals surface area contributed by atoms with Crippen molar-refractivity contribution in [2.75, 3.05) is 0 Å². The van der Waals surface area contributed by atoms with Crippen molar-refractivity contribution in [1.29, 1.82) is 10.5 Å². The van der Waals surface area contributed by atoms with E-state index in [2.05, 4.69) is 0 Å². The third-order valence-corrected chi connectivity index (χ3v) is 5.77. The zero-order valence-electron chi connectivity index (χ0n) is 13.0. The Morgan fingerprint density at radius 3 is 2.08 bits per heavy atom. The fourth-order valence-corrected chi connectivity index (χ4v) is 3.30. The molecule has 0 saturated carbocycles. The molecule has 0 aromatic heterocycles. The van der Waals surface area contributed by atoms with E-state index in [1.807, 2.05) is 6.07 Å². The van der Waals surface area contributed by atoms with Crippen molar-refractivity contribution in [3.8, 4) is 34.8 Å². The van der Waals surface area contributed by atoms with Gasteiger partial charge in [0.1, 0.15) is 11.6 Å². The van der Waals surface area contributed by atoms with E-state index in [4.69, 9.17) is 0 Å². The number of benzene rings is 2. The number of rotatable bonds is 3. The second-order valence-corrected chi connectivity index (χ2v) is 7.89. The summed E-state index contributed by atoms with van der Waals surface area (Å²) in [6.07, 6.45) is 0. The third-order valence-electron chi connectivity index (χ3n) is 3.60. The van der Waals surface area contributed by atoms with Gasteiger partial charge in [-0.1, -0.05) is 12.1 Å². The minimum absolute atomic E-state index is 0.00122. The standard InChI is InChI=1S/C17H14N2O4S/c1-10(2)24(22,23)13-5-3-11(4-6-13)16-12(8-18)7-15(20)17(21)14(16)9-19/h3-7,10,20-21H,1-2H3. The lowest BCUT2D eigenvalue weighted by Crippen LogP contribution is -2.13. The van der Waals surface area contributed by atoms with Gasteiger partial charge in [0.2, 0.25) is 0 Å². The lowest BCUT2D eigenvalue weighted by Gasteiger charge is -2.12. The number of sulfone groups is 1. The van der Waals surface area contributed by atoms with Crippen molar-refractivity contribution in [3.05, 3.63) is 41.5 Å². The summed E-state index contributed by atoms with van der Waals surface area (Å²) in [6.45, 7) is 3.14. The predicted octanol–water partition coefficient (Wildman–Crippen LogP) is 2.69. The van der Waals surface area contributed by atoms with Gasteiger partial charge in [0.05, 0.1) is 21.8 Å². The molecule has 0 saturated heterocycles. The van der Waals surface area contributed by atoms with E-state index in [1.165, 1.54) is 24.3 Å². The van der Waals surface area contributed by atoms with Crippen LogP contribution in [0.2, 0.25) is 0 Å². The minimum atomic E-state index is -3.44. The van der Waals surface area contributed by atoms with Gasteiger partial charge in [0.15, 0.2) is 21.3 Å². The lowest BCUT2D eigenvalue weighted by molar-refractivity contribution is 0.402. The van der Waals surface area contributed by atoms with Crippen LogP contribution in [0.15, 0.2) is 35.2 Å². The Kier molecular flexibility index (Phi) is 4.50. The molecule has 6 nitrogen and oxygen atoms in total. The summed E-state index contributed by atoms with van der Waals surface area (Å²) in [4.78, 5) is 0.126. The van der Waals surface area contributed by atoms with Gasteiger partial charge < -0.3 is 10.2 Å². The highest BCUT2D eigenvalue weighted by Crippen LogP contribution is 2.39. The molecule has 122 valence electrons. The molecule has 0 bridgehead atoms. The Balaban J connectivity index is 2.69. The molecule has 0 heterocycles. The molecule has 7 heteroatoms. The van der Waals surface area contributed by atoms with Crippen LogP contribution >= 0.6 is 0 Å². The summed E-state index contributed by atoms with van der Waals surface area (Å²) >= 11 is 0. The fraction of sp³-hybridized carbons (Fsp3) is 0.176. The Morgan fingerprint density at radius 1 is 1.04 bits per heavy atom. The number of hydrogen-bond acceptors (Lipinski definition) is 6. The molecule has 2 rings (SSSR count). The van der Waals surface area contributed by atoms with E-state index in [1.54, 1.807) is 19.9 Å². The summed E-state index contributed by atoms with van der Waals surface area (Å²) in [5, 5.41) is 37.3. The van der Waals surface area contributed by atoms with Crippen LogP contribution in [0.25, 0.3) is 11.1 Å². The van der Waals surface area contributed by atoms with E-state index < -0.39 is 26.6 Å². The number of nitriles is 2. The smallest absolute Gasteiger partial charge is 0.180 e. The van der Waals surface area contributed by atoms with Crippen molar-refractivity contribution in [2.24, 2.45) is 0 Å². The van der Waals surface area contributed by atoms with Crippen LogP contribution in [0.5, 0.6) is 11.5 Å². The van der Waals surface area contributed by atoms with Gasteiger partial charge in [-0.05, 0) is 31.5 Å². The molecular weight excluding hydrogens is 328 g/mol. The molecule has 0 radical (unpaired) electrons. The topological polar surface area (TPSA) is 122 Å². The Morgan fingerprint density at radius 2 is 1.62 bits per heavy atom. The van der Waals surface area contributed by atoms with Crippen molar-refractivity contribution < 1.29 is 18.6 Å². The van der Waals surface area contributed by atoms with Crippen molar-refractivity contribution >= 4 is 9.84 Å². The molecule has 2 N–H and O–H groups in total. The number of hydrogen-bond donors (Lipinski definition) is 2. The third kappa shape index (κ3) is 2.78. The second-order valence-electron chi connectivity index (χ2n) is 5.38. The number of aromatic hydroxyl groups is 2. The van der Waals surface area contributed by atoms with Crippen LogP contribution in [0.3, 0.4) is 0 Å². The maximum absolute atomic E-state index is 12.1. The number of phenolic OH excluding ortho intramolecular Hbond substituents is 2. The van der Waals surface area contributed by atoms with Crippen molar-refractivity contribution in [1.82, 2.24) is 0 Å². The zero-order valence-corrected chi connectivity index (χ0v) is 13.8. The van der Waals surface area contributed by atoms with Gasteiger partial charge in [0, 0.05) is 11.6 Å². The lowest BCUT2D eigenvalue weighted by atomic mass is 9.94. The molecule has 0 aliphatic rings. The van der Waals surface area contributed by atoms with Gasteiger partial charge in [-0.15, -0.1) is 0 Å². The normalized spacial score (nSPS) is 11.0. The maximum atomic E-state index is 12.1. The fourth-order valence-electron chi connectivity index (χ4n) is 2.24. The Bertz CT molecular complexity index is 979. The summed E-state index contributed by atoms with van der Waals surface area (Å²) in [5.74, 6) is -1.18. The van der Waals surface area contributed by atoms with E-state index >= 15 is 0 Å². The minimum Gasteiger partial charge on any atom is -0.504 e. The first-order chi connectivity index (χ1) is 11.2. The van der Waals surface area contributed by atoms with Crippen LogP contribution in [0.4, 0.5) is 0 Å². The molecule has 0 fully saturated rings. The highest BCUT2D eigenvalue weighted by Gasteiger charge is 2.21. The quantitative estimate of drug-likeness (QED) is 0.827. The number of nitrogens with zero attached hydrogens (tertiary/aromatic N) is 2. The van der Waals surface area contributed by atoms with Gasteiger partial charge in [-0.25, -0.2) is 8.42 Å². The molecule has 0 unspecified atom stereocenters. The first kappa shape index (κ1) is 17.3. The van der Waals surface area contributed by atoms with Gasteiger partial charge >= 0.3 is 0 Å². The molecule has 0 amide bonds. The SMILES string of the molecule is CC(C)S(=O)(=O)c1ccc(-c2c(C#N)cc(O)c(O)c2C#N)cc1. The zero-order chi connectivity index (χ0) is 18.1. The van der Waals surface area contributed by atoms with Crippen LogP contribution in [-0.4, -0.2) is 23.9 Å². The van der Waals surface area contributed by atoms with Crippen LogP contribution in [0, 0.1) is 22.7 Å². The maximum Gasteiger partial charge on any atom is 0.180 e. The van der Waals surface area contributed by atoms with Crippen LogP contribution in [-0.2, 0) is 9.84 Å². The average molecular weight is 342 g/mol. The monoisotopic (exact) mass is 342 g/mol. The molecular formula is C17H14N2O4S. The molecule has 2 aromatic rings. The Labute approximate surface area is 139 Å². The van der Waals surface area contributed by atoms with Crippen molar-refractivity contribution in [3.63, 3.8) is 0 Å². The average Bonchev–Trinajstić information content (AvgIpc) is 2.56. The van der Waals surface area contributed by atoms with E-state index in [0.29, 0.717) is 5.56 Å². The van der Waals surface area contributed by atoms with E-state index in [9.17, 15) is 29.2 Å². The largest absolute Gasteiger partial charge is 0.504 e. The molecule has 0 aliphatic heterocycles. The first-order valence-electron chi connectivity index (χ1n) is 6.97. The van der Waals surface area contributed by atoms with Crippen molar-refractivity contribution in [2.45, 2.75) is 24.0 Å². The van der Waals surface area contributed by atoms with Gasteiger partial charge in [-0.3, -0.25) is 0 Å². The van der Waals surface area contributed by atoms with Crippen LogP contribution < -0.4 is 0 Å². The molecule has 2 aromatic carbocycles. The number of phenols is 2. The summed E-state index contributed by atoms with van der Waals surface area (Å²) < 4.78 is 24.3. The van der Waals surface area contributed by atoms with E-state index in [-0.39, 0.29) is 21.6 Å². The molecule has 0 aliphatic carbocycles. The summed E-state index contributed by atoms with van der Waals surface area (Å²) in [5.41, 5.74) is 0.289. The van der Waals surface area contributed by atoms with Gasteiger partial charge in [-0.2, -0.15) is 10.5 Å². The molecule has 0 spiro atoms. The van der Waals surface area contributed by atoms with E-state index in [0.717, 1.165) is 6.07 Å². The van der Waals surface area contributed by atoms with Crippen LogP contribution in [0.1, 0.15) is 25.0 Å². The highest BCUT2D eigenvalue weighted by molar-refractivity contribution is 7.92. The molecule has 0 atom stereocenters. The first-order valence-corrected chi connectivity index (χ1v) is 8.52.